The summed E-state index contributed by atoms with van der Waals surface area (Å²) in [6.07, 6.45) is 3.96. The minimum Gasteiger partial charge on any atom is -0.382 e. The summed E-state index contributed by atoms with van der Waals surface area (Å²) in [5.41, 5.74) is 7.10. The van der Waals surface area contributed by atoms with Crippen LogP contribution in [0.5, 0.6) is 0 Å². The molecule has 224 valence electrons. The lowest BCUT2D eigenvalue weighted by Gasteiger charge is -2.27. The van der Waals surface area contributed by atoms with Crippen LogP contribution < -0.4 is 11.6 Å². The highest BCUT2D eigenvalue weighted by molar-refractivity contribution is 7.80. The maximum Gasteiger partial charge on any atom is 0.394 e. The van der Waals surface area contributed by atoms with Crippen molar-refractivity contribution in [2.24, 2.45) is 5.90 Å². The lowest BCUT2D eigenvalue weighted by Crippen LogP contribution is -2.38. The zero-order valence-electron chi connectivity index (χ0n) is 21.3. The highest BCUT2D eigenvalue weighted by Crippen LogP contribution is 2.44. The summed E-state index contributed by atoms with van der Waals surface area (Å²) in [5.74, 6) is 4.74. The number of hydrogen-bond acceptors (Lipinski definition) is 14. The predicted octanol–water partition coefficient (Wildman–Crippen LogP) is -0.877. The number of fused-ring (bicyclic) bond motifs is 2. The second-order valence-electron chi connectivity index (χ2n) is 8.95. The summed E-state index contributed by atoms with van der Waals surface area (Å²) >= 11 is 0. The van der Waals surface area contributed by atoms with Crippen LogP contribution in [0, 0.1) is 0 Å². The van der Waals surface area contributed by atoms with E-state index in [4.69, 9.17) is 60.9 Å². The van der Waals surface area contributed by atoms with E-state index in [9.17, 15) is 0 Å². The van der Waals surface area contributed by atoms with Crippen molar-refractivity contribution in [2.45, 2.75) is 57.0 Å². The van der Waals surface area contributed by atoms with Gasteiger partial charge in [-0.25, -0.2) is 20.8 Å². The fraction of sp³-hybridized carbons (Fsp3) is 0.722. The SMILES string of the molecule is CN(CCCCON)C[C@H]1O[C@@H](n2cnc3c(N)ncnc32)[C@@H]2OC(C)(C)O[C@@H]21.O=S(=O)(O)O.O=S(=O)(O)O. The summed E-state index contributed by atoms with van der Waals surface area (Å²) in [6, 6.07) is 0. The van der Waals surface area contributed by atoms with E-state index in [1.54, 1.807) is 6.33 Å². The third kappa shape index (κ3) is 11.1. The van der Waals surface area contributed by atoms with Gasteiger partial charge in [-0.1, -0.05) is 0 Å². The van der Waals surface area contributed by atoms with Crippen molar-refractivity contribution >= 4 is 37.8 Å². The quantitative estimate of drug-likeness (QED) is 0.121. The van der Waals surface area contributed by atoms with E-state index in [-0.39, 0.29) is 18.3 Å². The molecule has 0 aliphatic carbocycles. The highest BCUT2D eigenvalue weighted by atomic mass is 32.3. The number of anilines is 1. The Hall–Kier alpha value is -2.15. The lowest BCUT2D eigenvalue weighted by molar-refractivity contribution is -0.197. The zero-order chi connectivity index (χ0) is 29.6. The summed E-state index contributed by atoms with van der Waals surface area (Å²) in [6.45, 7) is 6.02. The molecular formula is C18H33N7O12S2. The molecule has 0 spiro atoms. The summed E-state index contributed by atoms with van der Waals surface area (Å²) in [5, 5.41) is 0. The lowest BCUT2D eigenvalue weighted by atomic mass is 10.1. The normalized spacial score (nSPS) is 24.1. The van der Waals surface area contributed by atoms with Gasteiger partial charge in [0, 0.05) is 6.54 Å². The van der Waals surface area contributed by atoms with E-state index in [0.29, 0.717) is 30.1 Å². The van der Waals surface area contributed by atoms with Gasteiger partial charge in [0.1, 0.15) is 30.2 Å². The van der Waals surface area contributed by atoms with E-state index >= 15 is 0 Å². The third-order valence-electron chi connectivity index (χ3n) is 5.33. The smallest absolute Gasteiger partial charge is 0.382 e. The first-order chi connectivity index (χ1) is 17.9. The van der Waals surface area contributed by atoms with Crippen LogP contribution in [-0.4, -0.2) is 110 Å². The van der Waals surface area contributed by atoms with Crippen LogP contribution >= 0.6 is 0 Å². The molecule has 4 atom stereocenters. The Morgan fingerprint density at radius 1 is 1.05 bits per heavy atom. The van der Waals surface area contributed by atoms with Crippen LogP contribution in [0.3, 0.4) is 0 Å². The van der Waals surface area contributed by atoms with Gasteiger partial charge in [0.05, 0.1) is 12.9 Å². The molecule has 19 nitrogen and oxygen atoms in total. The minimum absolute atomic E-state index is 0.154. The summed E-state index contributed by atoms with van der Waals surface area (Å²) < 4.78 is 83.8. The number of ether oxygens (including phenoxy) is 3. The largest absolute Gasteiger partial charge is 0.394 e. The molecule has 0 unspecified atom stereocenters. The molecule has 21 heteroatoms. The molecule has 4 rings (SSSR count). The molecule has 4 heterocycles. The number of hydrogen-bond donors (Lipinski definition) is 6. The van der Waals surface area contributed by atoms with E-state index in [1.165, 1.54) is 6.33 Å². The first-order valence-electron chi connectivity index (χ1n) is 11.2. The number of nitrogen functional groups attached to an aromatic ring is 1. The number of nitrogens with zero attached hydrogens (tertiary/aromatic N) is 5. The molecule has 39 heavy (non-hydrogen) atoms. The van der Waals surface area contributed by atoms with Crippen molar-refractivity contribution in [2.75, 3.05) is 32.5 Å². The number of likely N-dealkylation sites (N-methyl/N-ethyl adjacent to an activating group) is 1. The Morgan fingerprint density at radius 2 is 1.64 bits per heavy atom. The number of unbranched alkanes of at least 4 members (excludes halogenated alkanes) is 1. The molecule has 8 N–H and O–H groups in total. The molecule has 2 aliphatic heterocycles. The maximum atomic E-state index is 8.74. The molecule has 0 saturated carbocycles. The average Bonchev–Trinajstić information content (AvgIpc) is 3.41. The van der Waals surface area contributed by atoms with Crippen molar-refractivity contribution in [3.63, 3.8) is 0 Å². The van der Waals surface area contributed by atoms with Crippen molar-refractivity contribution in [1.82, 2.24) is 24.4 Å². The Kier molecular flexibility index (Phi) is 11.4. The van der Waals surface area contributed by atoms with Gasteiger partial charge in [-0.05, 0) is 40.3 Å². The average molecular weight is 604 g/mol. The molecule has 2 aliphatic rings. The maximum absolute atomic E-state index is 8.74. The van der Waals surface area contributed by atoms with Gasteiger partial charge in [0.2, 0.25) is 0 Å². The van der Waals surface area contributed by atoms with Crippen molar-refractivity contribution in [3.05, 3.63) is 12.7 Å². The van der Waals surface area contributed by atoms with Gasteiger partial charge >= 0.3 is 20.8 Å². The molecule has 0 amide bonds. The van der Waals surface area contributed by atoms with Crippen molar-refractivity contribution in [1.29, 1.82) is 0 Å². The van der Waals surface area contributed by atoms with E-state index in [2.05, 4.69) is 31.7 Å². The molecule has 2 aromatic heterocycles. The number of aromatic nitrogens is 4. The molecule has 0 radical (unpaired) electrons. The van der Waals surface area contributed by atoms with Gasteiger partial charge in [-0.15, -0.1) is 0 Å². The van der Waals surface area contributed by atoms with Crippen molar-refractivity contribution in [3.8, 4) is 0 Å². The van der Waals surface area contributed by atoms with Gasteiger partial charge in [-0.2, -0.15) is 16.8 Å². The van der Waals surface area contributed by atoms with Gasteiger partial charge in [0.15, 0.2) is 23.5 Å². The molecule has 0 bridgehead atoms. The first kappa shape index (κ1) is 33.1. The molecule has 2 fully saturated rings. The van der Waals surface area contributed by atoms with Crippen LogP contribution in [0.15, 0.2) is 12.7 Å². The molecular weight excluding hydrogens is 570 g/mol. The van der Waals surface area contributed by atoms with Crippen LogP contribution in [0.1, 0.15) is 32.9 Å². The van der Waals surface area contributed by atoms with Crippen LogP contribution in [0.4, 0.5) is 5.82 Å². The van der Waals surface area contributed by atoms with E-state index in [0.717, 1.165) is 19.4 Å². The molecule has 0 aromatic carbocycles. The van der Waals surface area contributed by atoms with Crippen LogP contribution in [0.2, 0.25) is 0 Å². The highest BCUT2D eigenvalue weighted by Gasteiger charge is 2.56. The van der Waals surface area contributed by atoms with E-state index in [1.807, 2.05) is 18.4 Å². The Morgan fingerprint density at radius 3 is 2.23 bits per heavy atom. The van der Waals surface area contributed by atoms with E-state index < -0.39 is 32.8 Å². The standard InChI is InChI=1S/C18H29N7O4.2H2O4S/c1-18(2)28-13-11(8-24(3)6-4-5-7-26-20)27-17(14(13)29-18)25-10-23-12-15(19)21-9-22-16(12)25;2*1-5(2,3)4/h9-11,13-14,17H,4-8,20H2,1-3H3,(H2,19,21,22);2*(H2,1,2,3,4)/t11-,13-,14-,17-;;/m1../s1. The Bertz CT molecular complexity index is 1240. The minimum atomic E-state index is -4.67. The monoisotopic (exact) mass is 603 g/mol. The van der Waals surface area contributed by atoms with Crippen LogP contribution in [0.25, 0.3) is 11.2 Å². The fourth-order valence-corrected chi connectivity index (χ4v) is 4.05. The van der Waals surface area contributed by atoms with Gasteiger partial charge in [0.25, 0.3) is 0 Å². The second-order valence-corrected chi connectivity index (χ2v) is 10.7. The number of imidazole rings is 1. The second kappa shape index (κ2) is 13.5. The van der Waals surface area contributed by atoms with Gasteiger partial charge < -0.3 is 29.7 Å². The summed E-state index contributed by atoms with van der Waals surface area (Å²) in [4.78, 5) is 19.6. The van der Waals surface area contributed by atoms with Gasteiger partial charge in [-0.3, -0.25) is 22.8 Å². The Balaban J connectivity index is 0.000000458. The zero-order valence-corrected chi connectivity index (χ0v) is 22.9. The summed E-state index contributed by atoms with van der Waals surface area (Å²) in [7, 11) is -7.27. The third-order valence-corrected chi connectivity index (χ3v) is 5.33. The first-order valence-corrected chi connectivity index (χ1v) is 14.0. The molecule has 2 saturated heterocycles. The van der Waals surface area contributed by atoms with Crippen LogP contribution in [-0.2, 0) is 39.8 Å². The number of nitrogens with two attached hydrogens (primary N) is 2. The topological polar surface area (TPSA) is 285 Å². The Labute approximate surface area is 224 Å². The van der Waals surface area contributed by atoms with Crippen molar-refractivity contribution < 1.29 is 54.1 Å². The number of rotatable bonds is 8. The fourth-order valence-electron chi connectivity index (χ4n) is 4.05. The molecule has 2 aromatic rings. The predicted molar refractivity (Wildman–Crippen MR) is 133 cm³/mol.